The first-order valence-corrected chi connectivity index (χ1v) is 8.58. The Balaban J connectivity index is 1.46. The summed E-state index contributed by atoms with van der Waals surface area (Å²) in [6, 6.07) is 6.17. The first kappa shape index (κ1) is 15.0. The molecule has 0 aliphatic carbocycles. The minimum absolute atomic E-state index is 0.0662. The van der Waals surface area contributed by atoms with Crippen LogP contribution in [0.5, 0.6) is 5.75 Å². The normalized spacial score (nSPS) is 24.5. The van der Waals surface area contributed by atoms with Crippen molar-refractivity contribution >= 4 is 5.91 Å². The van der Waals surface area contributed by atoms with E-state index in [1.165, 1.54) is 5.56 Å². The van der Waals surface area contributed by atoms with Crippen LogP contribution in [0, 0.1) is 0 Å². The van der Waals surface area contributed by atoms with Crippen LogP contribution < -0.4 is 4.74 Å². The van der Waals surface area contributed by atoms with Gasteiger partial charge in [-0.15, -0.1) is 0 Å². The summed E-state index contributed by atoms with van der Waals surface area (Å²) in [5.41, 5.74) is 2.28. The lowest BCUT2D eigenvalue weighted by atomic mass is 9.99. The van der Waals surface area contributed by atoms with E-state index < -0.39 is 0 Å². The second-order valence-electron chi connectivity index (χ2n) is 6.48. The molecule has 2 fully saturated rings. The van der Waals surface area contributed by atoms with Crippen LogP contribution in [0.4, 0.5) is 0 Å². The summed E-state index contributed by atoms with van der Waals surface area (Å²) in [7, 11) is 0. The Morgan fingerprint density at radius 2 is 2.04 bits per heavy atom. The van der Waals surface area contributed by atoms with E-state index in [1.54, 1.807) is 0 Å². The third-order valence-electron chi connectivity index (χ3n) is 4.94. The zero-order chi connectivity index (χ0) is 15.6. The van der Waals surface area contributed by atoms with Gasteiger partial charge in [-0.2, -0.15) is 0 Å². The molecular formula is C18H23NO4. The predicted molar refractivity (Wildman–Crippen MR) is 84.4 cm³/mol. The number of hydrogen-bond donors (Lipinski definition) is 0. The van der Waals surface area contributed by atoms with Gasteiger partial charge in [0.05, 0.1) is 32.3 Å². The highest BCUT2D eigenvalue weighted by Gasteiger charge is 2.36. The van der Waals surface area contributed by atoms with Crippen molar-refractivity contribution in [1.82, 2.24) is 4.90 Å². The molecule has 0 saturated carbocycles. The molecule has 5 heteroatoms. The van der Waals surface area contributed by atoms with Crippen LogP contribution in [-0.2, 0) is 27.1 Å². The van der Waals surface area contributed by atoms with Gasteiger partial charge in [0.2, 0.25) is 5.91 Å². The first-order chi connectivity index (χ1) is 11.3. The van der Waals surface area contributed by atoms with Gasteiger partial charge in [-0.1, -0.05) is 12.1 Å². The molecule has 1 atom stereocenters. The van der Waals surface area contributed by atoms with Crippen molar-refractivity contribution in [3.05, 3.63) is 29.3 Å². The van der Waals surface area contributed by atoms with Gasteiger partial charge in [0.1, 0.15) is 5.75 Å². The minimum Gasteiger partial charge on any atom is -0.493 e. The minimum atomic E-state index is -0.243. The molecule has 0 aromatic heterocycles. The third-order valence-corrected chi connectivity index (χ3v) is 4.94. The summed E-state index contributed by atoms with van der Waals surface area (Å²) in [6.45, 7) is 2.82. The predicted octanol–water partition coefficient (Wildman–Crippen LogP) is 1.92. The topological polar surface area (TPSA) is 48.0 Å². The van der Waals surface area contributed by atoms with Crippen LogP contribution in [0.1, 0.15) is 30.4 Å². The Morgan fingerprint density at radius 1 is 1.17 bits per heavy atom. The largest absolute Gasteiger partial charge is 0.493 e. The fourth-order valence-electron chi connectivity index (χ4n) is 3.77. The molecule has 23 heavy (non-hydrogen) atoms. The summed E-state index contributed by atoms with van der Waals surface area (Å²) in [5, 5.41) is 0. The average molecular weight is 317 g/mol. The van der Waals surface area contributed by atoms with Gasteiger partial charge in [0.15, 0.2) is 6.29 Å². The van der Waals surface area contributed by atoms with E-state index in [0.717, 1.165) is 50.1 Å². The van der Waals surface area contributed by atoms with E-state index in [4.69, 9.17) is 14.2 Å². The molecule has 0 bridgehead atoms. The molecular weight excluding hydrogens is 294 g/mol. The Labute approximate surface area is 136 Å². The van der Waals surface area contributed by atoms with E-state index in [2.05, 4.69) is 6.07 Å². The maximum Gasteiger partial charge on any atom is 0.227 e. The third kappa shape index (κ3) is 3.08. The molecule has 1 amide bonds. The summed E-state index contributed by atoms with van der Waals surface area (Å²) in [4.78, 5) is 14.8. The fraction of sp³-hybridized carbons (Fsp3) is 0.611. The van der Waals surface area contributed by atoms with E-state index in [0.29, 0.717) is 19.6 Å². The van der Waals surface area contributed by atoms with Crippen molar-refractivity contribution in [2.75, 3.05) is 26.4 Å². The highest BCUT2D eigenvalue weighted by Crippen LogP contribution is 2.28. The number of hydrogen-bond acceptors (Lipinski definition) is 4. The maximum absolute atomic E-state index is 12.8. The maximum atomic E-state index is 12.8. The summed E-state index contributed by atoms with van der Waals surface area (Å²) >= 11 is 0. The van der Waals surface area contributed by atoms with E-state index in [-0.39, 0.29) is 18.2 Å². The van der Waals surface area contributed by atoms with Gasteiger partial charge in [-0.05, 0) is 36.5 Å². The Kier molecular flexibility index (Phi) is 4.23. The van der Waals surface area contributed by atoms with Crippen molar-refractivity contribution in [2.24, 2.45) is 0 Å². The van der Waals surface area contributed by atoms with Crippen molar-refractivity contribution in [3.63, 3.8) is 0 Å². The molecule has 1 unspecified atom stereocenters. The van der Waals surface area contributed by atoms with Crippen molar-refractivity contribution in [2.45, 2.75) is 44.4 Å². The highest BCUT2D eigenvalue weighted by atomic mass is 16.7. The fourth-order valence-corrected chi connectivity index (χ4v) is 3.77. The second kappa shape index (κ2) is 6.49. The van der Waals surface area contributed by atoms with E-state index >= 15 is 0 Å². The quantitative estimate of drug-likeness (QED) is 0.854. The molecule has 124 valence electrons. The van der Waals surface area contributed by atoms with Gasteiger partial charge in [-0.3, -0.25) is 4.79 Å². The van der Waals surface area contributed by atoms with Gasteiger partial charge < -0.3 is 19.1 Å². The lowest BCUT2D eigenvalue weighted by Gasteiger charge is -2.38. The molecule has 3 heterocycles. The lowest BCUT2D eigenvalue weighted by molar-refractivity contribution is -0.149. The molecule has 1 aromatic rings. The molecule has 5 nitrogen and oxygen atoms in total. The highest BCUT2D eigenvalue weighted by molar-refractivity contribution is 5.79. The number of nitrogens with zero attached hydrogens (tertiary/aromatic N) is 1. The van der Waals surface area contributed by atoms with Crippen LogP contribution in [0.3, 0.4) is 0 Å². The van der Waals surface area contributed by atoms with Crippen LogP contribution in [0.25, 0.3) is 0 Å². The van der Waals surface area contributed by atoms with Gasteiger partial charge >= 0.3 is 0 Å². The standard InChI is InChI=1S/C18H23NO4/c20-17(12-13-4-5-16-14(11-13)6-8-21-16)19-7-2-1-3-15(19)18-22-9-10-23-18/h4-5,11,15,18H,1-3,6-10,12H2. The Hall–Kier alpha value is -1.59. The molecule has 2 saturated heterocycles. The first-order valence-electron chi connectivity index (χ1n) is 8.58. The number of ether oxygens (including phenoxy) is 3. The number of carbonyl (C=O) groups excluding carboxylic acids is 1. The van der Waals surface area contributed by atoms with Gasteiger partial charge in [0, 0.05) is 13.0 Å². The number of benzene rings is 1. The number of rotatable bonds is 3. The number of likely N-dealkylation sites (tertiary alicyclic amines) is 1. The molecule has 3 aliphatic heterocycles. The van der Waals surface area contributed by atoms with Crippen LogP contribution in [0.15, 0.2) is 18.2 Å². The zero-order valence-corrected chi connectivity index (χ0v) is 13.3. The van der Waals surface area contributed by atoms with Crippen molar-refractivity contribution in [3.8, 4) is 5.75 Å². The number of carbonyl (C=O) groups is 1. The molecule has 3 aliphatic rings. The second-order valence-corrected chi connectivity index (χ2v) is 6.48. The number of amides is 1. The van der Waals surface area contributed by atoms with E-state index in [9.17, 15) is 4.79 Å². The van der Waals surface area contributed by atoms with E-state index in [1.807, 2.05) is 17.0 Å². The molecule has 0 spiro atoms. The number of fused-ring (bicyclic) bond motifs is 1. The molecule has 0 N–H and O–H groups in total. The summed E-state index contributed by atoms with van der Waals surface area (Å²) in [6.07, 6.45) is 4.30. The monoisotopic (exact) mass is 317 g/mol. The summed E-state index contributed by atoms with van der Waals surface area (Å²) < 4.78 is 16.8. The van der Waals surface area contributed by atoms with Crippen LogP contribution in [-0.4, -0.2) is 49.5 Å². The number of piperidine rings is 1. The Bertz CT molecular complexity index is 582. The molecule has 0 radical (unpaired) electrons. The summed E-state index contributed by atoms with van der Waals surface area (Å²) in [5.74, 6) is 1.14. The average Bonchev–Trinajstić information content (AvgIpc) is 3.26. The molecule has 1 aromatic carbocycles. The van der Waals surface area contributed by atoms with Crippen molar-refractivity contribution < 1.29 is 19.0 Å². The zero-order valence-electron chi connectivity index (χ0n) is 13.3. The van der Waals surface area contributed by atoms with Gasteiger partial charge in [0.25, 0.3) is 0 Å². The molecule has 4 rings (SSSR count). The lowest BCUT2D eigenvalue weighted by Crippen LogP contribution is -2.50. The Morgan fingerprint density at radius 3 is 2.91 bits per heavy atom. The SMILES string of the molecule is O=C(Cc1ccc2c(c1)CCO2)N1CCCCC1C1OCCO1. The van der Waals surface area contributed by atoms with Gasteiger partial charge in [-0.25, -0.2) is 0 Å². The van der Waals surface area contributed by atoms with Crippen LogP contribution >= 0.6 is 0 Å². The van der Waals surface area contributed by atoms with Crippen LogP contribution in [0.2, 0.25) is 0 Å². The van der Waals surface area contributed by atoms with Crippen molar-refractivity contribution in [1.29, 1.82) is 0 Å². The smallest absolute Gasteiger partial charge is 0.227 e.